The Hall–Kier alpha value is -2.59. The number of hydrogen-bond donors (Lipinski definition) is 3. The summed E-state index contributed by atoms with van der Waals surface area (Å²) in [6, 6.07) is 9.33. The summed E-state index contributed by atoms with van der Waals surface area (Å²) in [7, 11) is 1.58. The molecule has 0 bridgehead atoms. The van der Waals surface area contributed by atoms with Crippen LogP contribution < -0.4 is 14.4 Å². The standard InChI is InChI=1S/C25H32ClN3O6/c1-15(31)25(2)14-29(24(33)20(32)13-30)12-19(25)16-4-6-21(34-3)22(8-16)35-18-10-28(11-18)23-7-5-17(26)9-27-23/h4-9,15,18-20,30-32H,10-14H2,1-3H3/t15?,19-,20?,25-/m0/s1. The number of aromatic nitrogens is 1. The van der Waals surface area contributed by atoms with Crippen LogP contribution in [0.1, 0.15) is 25.3 Å². The molecule has 2 unspecified atom stereocenters. The number of hydrogen-bond acceptors (Lipinski definition) is 8. The van der Waals surface area contributed by atoms with E-state index in [4.69, 9.17) is 21.1 Å². The second kappa shape index (κ2) is 10.2. The lowest BCUT2D eigenvalue weighted by atomic mass is 9.72. The van der Waals surface area contributed by atoms with Gasteiger partial charge in [-0.15, -0.1) is 0 Å². The van der Waals surface area contributed by atoms with Gasteiger partial charge in [0.25, 0.3) is 5.91 Å². The maximum absolute atomic E-state index is 12.6. The van der Waals surface area contributed by atoms with E-state index in [0.717, 1.165) is 11.4 Å². The van der Waals surface area contributed by atoms with Gasteiger partial charge < -0.3 is 34.6 Å². The minimum Gasteiger partial charge on any atom is -0.493 e. The van der Waals surface area contributed by atoms with Crippen LogP contribution in [0.25, 0.3) is 0 Å². The van der Waals surface area contributed by atoms with Crippen molar-refractivity contribution in [1.82, 2.24) is 9.88 Å². The number of carbonyl (C=O) groups excluding carboxylic acids is 1. The Morgan fingerprint density at radius 1 is 1.23 bits per heavy atom. The molecule has 0 spiro atoms. The van der Waals surface area contributed by atoms with Crippen molar-refractivity contribution in [2.75, 3.05) is 44.8 Å². The SMILES string of the molecule is COc1ccc([C@@H]2CN(C(=O)C(O)CO)C[C@@]2(C)C(C)O)cc1OC1CN(c2ccc(Cl)cn2)C1. The normalized spacial score (nSPS) is 24.1. The van der Waals surface area contributed by atoms with Crippen molar-refractivity contribution in [2.24, 2.45) is 5.41 Å². The smallest absolute Gasteiger partial charge is 0.253 e. The molecule has 1 aromatic carbocycles. The van der Waals surface area contributed by atoms with Gasteiger partial charge in [0, 0.05) is 30.6 Å². The number of rotatable bonds is 8. The van der Waals surface area contributed by atoms with Crippen LogP contribution in [0, 0.1) is 5.41 Å². The molecule has 10 heteroatoms. The van der Waals surface area contributed by atoms with Crippen molar-refractivity contribution in [1.29, 1.82) is 0 Å². The Labute approximate surface area is 209 Å². The van der Waals surface area contributed by atoms with Gasteiger partial charge in [0.15, 0.2) is 17.6 Å². The highest BCUT2D eigenvalue weighted by Gasteiger charge is 2.49. The number of halogens is 1. The van der Waals surface area contributed by atoms with Gasteiger partial charge in [-0.05, 0) is 36.8 Å². The van der Waals surface area contributed by atoms with Gasteiger partial charge >= 0.3 is 0 Å². The Balaban J connectivity index is 1.52. The quantitative estimate of drug-likeness (QED) is 0.496. The van der Waals surface area contributed by atoms with E-state index in [1.165, 1.54) is 4.90 Å². The van der Waals surface area contributed by atoms with Crippen LogP contribution in [-0.2, 0) is 4.79 Å². The highest BCUT2D eigenvalue weighted by atomic mass is 35.5. The molecule has 2 fully saturated rings. The van der Waals surface area contributed by atoms with Gasteiger partial charge in [0.05, 0.1) is 37.9 Å². The number of likely N-dealkylation sites (tertiary alicyclic amines) is 1. The molecule has 190 valence electrons. The van der Waals surface area contributed by atoms with Crippen LogP contribution in [0.5, 0.6) is 11.5 Å². The summed E-state index contributed by atoms with van der Waals surface area (Å²) in [4.78, 5) is 20.5. The number of ether oxygens (including phenoxy) is 2. The van der Waals surface area contributed by atoms with E-state index < -0.39 is 30.1 Å². The summed E-state index contributed by atoms with van der Waals surface area (Å²) >= 11 is 5.92. The molecular weight excluding hydrogens is 474 g/mol. The van der Waals surface area contributed by atoms with E-state index in [1.807, 2.05) is 31.2 Å². The fourth-order valence-electron chi connectivity index (χ4n) is 4.82. The number of amides is 1. The first kappa shape index (κ1) is 25.5. The van der Waals surface area contributed by atoms with E-state index in [1.54, 1.807) is 26.3 Å². The Kier molecular flexibility index (Phi) is 7.42. The zero-order valence-electron chi connectivity index (χ0n) is 20.1. The molecule has 0 saturated carbocycles. The van der Waals surface area contributed by atoms with Gasteiger partial charge in [0.2, 0.25) is 0 Å². The molecule has 0 radical (unpaired) electrons. The molecule has 2 aliphatic rings. The Morgan fingerprint density at radius 2 is 1.97 bits per heavy atom. The summed E-state index contributed by atoms with van der Waals surface area (Å²) in [5.74, 6) is 1.27. The second-order valence-corrected chi connectivity index (χ2v) is 9.98. The number of methoxy groups -OCH3 is 1. The monoisotopic (exact) mass is 505 g/mol. The number of carbonyl (C=O) groups is 1. The van der Waals surface area contributed by atoms with Crippen LogP contribution in [0.2, 0.25) is 5.02 Å². The predicted octanol–water partition coefficient (Wildman–Crippen LogP) is 1.68. The first-order valence-corrected chi connectivity index (χ1v) is 12.0. The summed E-state index contributed by atoms with van der Waals surface area (Å²) in [5, 5.41) is 30.3. The third-order valence-corrected chi connectivity index (χ3v) is 7.45. The first-order valence-electron chi connectivity index (χ1n) is 11.6. The summed E-state index contributed by atoms with van der Waals surface area (Å²) in [6.45, 7) is 4.89. The van der Waals surface area contributed by atoms with Crippen molar-refractivity contribution in [3.8, 4) is 11.5 Å². The predicted molar refractivity (Wildman–Crippen MR) is 131 cm³/mol. The lowest BCUT2D eigenvalue weighted by Gasteiger charge is -2.40. The van der Waals surface area contributed by atoms with Gasteiger partial charge in [-0.25, -0.2) is 4.98 Å². The second-order valence-electron chi connectivity index (χ2n) is 9.54. The topological polar surface area (TPSA) is 116 Å². The number of benzene rings is 1. The molecule has 4 atom stereocenters. The molecule has 3 heterocycles. The van der Waals surface area contributed by atoms with Gasteiger partial charge in [-0.3, -0.25) is 4.79 Å². The highest BCUT2D eigenvalue weighted by Crippen LogP contribution is 2.47. The molecule has 2 aromatic rings. The lowest BCUT2D eigenvalue weighted by molar-refractivity contribution is -0.141. The molecular formula is C25H32ClN3O6. The molecule has 35 heavy (non-hydrogen) atoms. The zero-order valence-corrected chi connectivity index (χ0v) is 20.9. The molecule has 0 aliphatic carbocycles. The summed E-state index contributed by atoms with van der Waals surface area (Å²) in [5.41, 5.74) is 0.248. The van der Waals surface area contributed by atoms with E-state index in [-0.39, 0.29) is 18.6 Å². The largest absolute Gasteiger partial charge is 0.493 e. The molecule has 3 N–H and O–H groups in total. The average molecular weight is 506 g/mol. The number of aliphatic hydroxyl groups is 3. The third-order valence-electron chi connectivity index (χ3n) is 7.22. The first-order chi connectivity index (χ1) is 16.7. The van der Waals surface area contributed by atoms with E-state index in [2.05, 4.69) is 9.88 Å². The van der Waals surface area contributed by atoms with E-state index in [9.17, 15) is 20.1 Å². The highest BCUT2D eigenvalue weighted by molar-refractivity contribution is 6.30. The Bertz CT molecular complexity index is 1050. The van der Waals surface area contributed by atoms with Crippen molar-refractivity contribution in [2.45, 2.75) is 38.1 Å². The number of anilines is 1. The zero-order chi connectivity index (χ0) is 25.3. The third kappa shape index (κ3) is 5.04. The average Bonchev–Trinajstić information content (AvgIpc) is 3.19. The lowest BCUT2D eigenvalue weighted by Crippen LogP contribution is -2.54. The number of pyridine rings is 1. The minimum absolute atomic E-state index is 0.0545. The van der Waals surface area contributed by atoms with Crippen molar-refractivity contribution in [3.05, 3.63) is 47.1 Å². The molecule has 1 aromatic heterocycles. The summed E-state index contributed by atoms with van der Waals surface area (Å²) in [6.07, 6.45) is -0.624. The van der Waals surface area contributed by atoms with Crippen molar-refractivity contribution < 1.29 is 29.6 Å². The Morgan fingerprint density at radius 3 is 2.57 bits per heavy atom. The summed E-state index contributed by atoms with van der Waals surface area (Å²) < 4.78 is 11.8. The minimum atomic E-state index is -1.47. The van der Waals surface area contributed by atoms with Gasteiger partial charge in [-0.2, -0.15) is 0 Å². The van der Waals surface area contributed by atoms with Crippen LogP contribution in [0.4, 0.5) is 5.82 Å². The van der Waals surface area contributed by atoms with Gasteiger partial charge in [0.1, 0.15) is 11.9 Å². The van der Waals surface area contributed by atoms with Crippen LogP contribution in [0.15, 0.2) is 36.5 Å². The molecule has 9 nitrogen and oxygen atoms in total. The number of aliphatic hydroxyl groups excluding tert-OH is 3. The van der Waals surface area contributed by atoms with Crippen molar-refractivity contribution in [3.63, 3.8) is 0 Å². The maximum Gasteiger partial charge on any atom is 0.253 e. The van der Waals surface area contributed by atoms with E-state index >= 15 is 0 Å². The van der Waals surface area contributed by atoms with Crippen molar-refractivity contribution >= 4 is 23.3 Å². The fourth-order valence-corrected chi connectivity index (χ4v) is 4.93. The molecule has 4 rings (SSSR count). The van der Waals surface area contributed by atoms with E-state index in [0.29, 0.717) is 36.2 Å². The van der Waals surface area contributed by atoms with Gasteiger partial charge in [-0.1, -0.05) is 24.6 Å². The number of nitrogens with zero attached hydrogens (tertiary/aromatic N) is 3. The fraction of sp³-hybridized carbons (Fsp3) is 0.520. The van der Waals surface area contributed by atoms with Crippen LogP contribution in [-0.4, -0.2) is 89.3 Å². The maximum atomic E-state index is 12.6. The van der Waals surface area contributed by atoms with Crippen LogP contribution >= 0.6 is 11.6 Å². The molecule has 2 aliphatic heterocycles. The van der Waals surface area contributed by atoms with Crippen LogP contribution in [0.3, 0.4) is 0 Å². The molecule has 2 saturated heterocycles. The molecule has 1 amide bonds.